The van der Waals surface area contributed by atoms with Crippen LogP contribution in [0.2, 0.25) is 0 Å². The van der Waals surface area contributed by atoms with Gasteiger partial charge in [0.1, 0.15) is 0 Å². The van der Waals surface area contributed by atoms with Crippen LogP contribution in [0.4, 0.5) is 0 Å². The highest BCUT2D eigenvalue weighted by atomic mass is 32.2. The molecular formula is C37H40N2O6S. The second kappa shape index (κ2) is 17.1. The van der Waals surface area contributed by atoms with Gasteiger partial charge in [0.05, 0.1) is 18.8 Å². The van der Waals surface area contributed by atoms with E-state index < -0.39 is 12.2 Å². The van der Waals surface area contributed by atoms with E-state index in [1.807, 2.05) is 72.8 Å². The fraction of sp³-hybridized carbons (Fsp3) is 0.297. The fourth-order valence-corrected chi connectivity index (χ4v) is 6.31. The largest absolute Gasteiger partial charge is 0.392 e. The molecule has 0 aliphatic carbocycles. The van der Waals surface area contributed by atoms with Crippen LogP contribution in [0.15, 0.2) is 108 Å². The van der Waals surface area contributed by atoms with Gasteiger partial charge in [-0.05, 0) is 64.9 Å². The van der Waals surface area contributed by atoms with Crippen LogP contribution >= 0.6 is 11.8 Å². The molecule has 1 fully saturated rings. The van der Waals surface area contributed by atoms with Crippen molar-refractivity contribution in [2.24, 2.45) is 0 Å². The van der Waals surface area contributed by atoms with Crippen LogP contribution in [0, 0.1) is 0 Å². The molecule has 1 heterocycles. The Morgan fingerprint density at radius 3 is 2.22 bits per heavy atom. The molecule has 4 aromatic rings. The summed E-state index contributed by atoms with van der Waals surface area (Å²) in [6.45, 7) is 0.400. The molecule has 0 spiro atoms. The average molecular weight is 641 g/mol. The van der Waals surface area contributed by atoms with Crippen molar-refractivity contribution in [2.75, 3.05) is 5.75 Å². The predicted molar refractivity (Wildman–Crippen MR) is 178 cm³/mol. The molecule has 0 bridgehead atoms. The lowest BCUT2D eigenvalue weighted by atomic mass is 9.99. The zero-order valence-corrected chi connectivity index (χ0v) is 26.5. The molecule has 4 aromatic carbocycles. The van der Waals surface area contributed by atoms with Gasteiger partial charge in [0.15, 0.2) is 6.29 Å². The van der Waals surface area contributed by atoms with Crippen LogP contribution in [-0.4, -0.2) is 34.0 Å². The van der Waals surface area contributed by atoms with Gasteiger partial charge in [0.25, 0.3) is 0 Å². The SMILES string of the molecule is O=C(CCCCC(=O)NCc1cccc(-c2cccc(C3OC(CSc4ccccc4)CC(c4ccc(CO)cc4)O3)c2)c1)NO. The summed E-state index contributed by atoms with van der Waals surface area (Å²) in [6.07, 6.45) is 1.58. The van der Waals surface area contributed by atoms with E-state index in [1.54, 1.807) is 17.2 Å². The lowest BCUT2D eigenvalue weighted by Gasteiger charge is -2.36. The van der Waals surface area contributed by atoms with Gasteiger partial charge in [-0.25, -0.2) is 5.48 Å². The first kappa shape index (κ1) is 33.4. The molecule has 5 rings (SSSR count). The Balaban J connectivity index is 1.26. The lowest BCUT2D eigenvalue weighted by Crippen LogP contribution is -2.31. The average Bonchev–Trinajstić information content (AvgIpc) is 3.12. The summed E-state index contributed by atoms with van der Waals surface area (Å²) in [4.78, 5) is 24.6. The number of thioether (sulfide) groups is 1. The smallest absolute Gasteiger partial charge is 0.243 e. The van der Waals surface area contributed by atoms with Gasteiger partial charge in [0.2, 0.25) is 11.8 Å². The van der Waals surface area contributed by atoms with E-state index >= 15 is 0 Å². The van der Waals surface area contributed by atoms with E-state index in [9.17, 15) is 14.7 Å². The first-order valence-electron chi connectivity index (χ1n) is 15.6. The molecule has 3 atom stereocenters. The highest BCUT2D eigenvalue weighted by molar-refractivity contribution is 7.99. The Kier molecular flexibility index (Phi) is 12.4. The third kappa shape index (κ3) is 9.75. The molecule has 8 nitrogen and oxygen atoms in total. The van der Waals surface area contributed by atoms with Crippen molar-refractivity contribution in [1.82, 2.24) is 10.8 Å². The second-order valence-electron chi connectivity index (χ2n) is 11.3. The van der Waals surface area contributed by atoms with Gasteiger partial charge in [-0.15, -0.1) is 11.8 Å². The summed E-state index contributed by atoms with van der Waals surface area (Å²) in [5.74, 6) is 0.266. The highest BCUT2D eigenvalue weighted by Crippen LogP contribution is 2.40. The van der Waals surface area contributed by atoms with Gasteiger partial charge in [0, 0.05) is 42.0 Å². The first-order valence-corrected chi connectivity index (χ1v) is 16.6. The minimum atomic E-state index is -0.552. The van der Waals surface area contributed by atoms with E-state index in [-0.39, 0.29) is 31.1 Å². The number of rotatable bonds is 14. The van der Waals surface area contributed by atoms with Crippen LogP contribution in [0.25, 0.3) is 11.1 Å². The molecule has 2 amide bonds. The minimum Gasteiger partial charge on any atom is -0.392 e. The van der Waals surface area contributed by atoms with Crippen LogP contribution in [0.3, 0.4) is 0 Å². The number of amides is 2. The zero-order valence-electron chi connectivity index (χ0n) is 25.6. The maximum atomic E-state index is 12.3. The maximum Gasteiger partial charge on any atom is 0.243 e. The zero-order chi connectivity index (χ0) is 32.1. The highest BCUT2D eigenvalue weighted by Gasteiger charge is 2.32. The first-order chi connectivity index (χ1) is 22.5. The van der Waals surface area contributed by atoms with Crippen molar-refractivity contribution in [3.05, 3.63) is 125 Å². The van der Waals surface area contributed by atoms with Gasteiger partial charge >= 0.3 is 0 Å². The summed E-state index contributed by atoms with van der Waals surface area (Å²) >= 11 is 1.77. The summed E-state index contributed by atoms with van der Waals surface area (Å²) in [6, 6.07) is 34.5. The molecule has 240 valence electrons. The lowest BCUT2D eigenvalue weighted by molar-refractivity contribution is -0.245. The Labute approximate surface area is 274 Å². The van der Waals surface area contributed by atoms with Gasteiger partial charge in [-0.2, -0.15) is 0 Å². The van der Waals surface area contributed by atoms with Crippen molar-refractivity contribution in [3.63, 3.8) is 0 Å². The summed E-state index contributed by atoms with van der Waals surface area (Å²) < 4.78 is 13.1. The molecular weight excluding hydrogens is 600 g/mol. The number of ether oxygens (including phenoxy) is 2. The van der Waals surface area contributed by atoms with E-state index in [4.69, 9.17) is 14.7 Å². The van der Waals surface area contributed by atoms with Crippen LogP contribution in [0.5, 0.6) is 0 Å². The number of carbonyl (C=O) groups excluding carboxylic acids is 2. The minimum absolute atomic E-state index is 0.00162. The quantitative estimate of drug-likeness (QED) is 0.0515. The number of aliphatic hydroxyl groups excluding tert-OH is 1. The predicted octanol–water partition coefficient (Wildman–Crippen LogP) is 6.87. The number of benzene rings is 4. The summed E-state index contributed by atoms with van der Waals surface area (Å²) in [5.41, 5.74) is 7.47. The molecule has 0 aromatic heterocycles. The summed E-state index contributed by atoms with van der Waals surface area (Å²) in [5, 5.41) is 21.0. The maximum absolute atomic E-state index is 12.3. The number of hydrogen-bond acceptors (Lipinski definition) is 7. The third-order valence-corrected chi connectivity index (χ3v) is 9.03. The van der Waals surface area contributed by atoms with Crippen LogP contribution in [-0.2, 0) is 32.2 Å². The molecule has 1 aliphatic rings. The molecule has 4 N–H and O–H groups in total. The van der Waals surface area contributed by atoms with E-state index in [0.29, 0.717) is 25.8 Å². The number of nitrogens with one attached hydrogen (secondary N) is 2. The Bertz CT molecular complexity index is 1570. The normalized spacial score (nSPS) is 17.7. The molecule has 1 saturated heterocycles. The summed E-state index contributed by atoms with van der Waals surface area (Å²) in [7, 11) is 0. The Morgan fingerprint density at radius 2 is 1.48 bits per heavy atom. The number of unbranched alkanes of at least 4 members (excludes halogenated alkanes) is 1. The Morgan fingerprint density at radius 1 is 0.761 bits per heavy atom. The van der Waals surface area contributed by atoms with E-state index in [0.717, 1.165) is 45.6 Å². The van der Waals surface area contributed by atoms with Crippen LogP contribution < -0.4 is 10.8 Å². The van der Waals surface area contributed by atoms with Gasteiger partial charge < -0.3 is 19.9 Å². The molecule has 0 radical (unpaired) electrons. The number of hydroxylamine groups is 1. The van der Waals surface area contributed by atoms with Gasteiger partial charge in [-0.3, -0.25) is 14.8 Å². The van der Waals surface area contributed by atoms with Crippen molar-refractivity contribution in [1.29, 1.82) is 0 Å². The van der Waals surface area contributed by atoms with Crippen molar-refractivity contribution < 1.29 is 29.4 Å². The number of aliphatic hydroxyl groups is 1. The molecule has 3 unspecified atom stereocenters. The van der Waals surface area contributed by atoms with Crippen LogP contribution in [0.1, 0.15) is 66.8 Å². The third-order valence-electron chi connectivity index (χ3n) is 7.89. The van der Waals surface area contributed by atoms with Crippen molar-refractivity contribution in [2.45, 2.75) is 68.6 Å². The number of carbonyl (C=O) groups is 2. The van der Waals surface area contributed by atoms with Crippen molar-refractivity contribution in [3.8, 4) is 11.1 Å². The molecule has 1 aliphatic heterocycles. The second-order valence-corrected chi connectivity index (χ2v) is 12.4. The molecule has 9 heteroatoms. The van der Waals surface area contributed by atoms with E-state index in [2.05, 4.69) is 35.6 Å². The molecule has 0 saturated carbocycles. The topological polar surface area (TPSA) is 117 Å². The van der Waals surface area contributed by atoms with Crippen molar-refractivity contribution >= 4 is 23.6 Å². The number of hydrogen-bond donors (Lipinski definition) is 4. The molecule has 46 heavy (non-hydrogen) atoms. The van der Waals surface area contributed by atoms with Gasteiger partial charge in [-0.1, -0.05) is 78.9 Å². The Hall–Kier alpha value is -3.99. The monoisotopic (exact) mass is 640 g/mol. The standard InChI is InChI=1S/C37H40N2O6S/c40-24-26-16-18-28(19-17-26)34-22-32(25-46-33-12-2-1-3-13-33)44-37(45-34)31-11-7-10-30(21-31)29-9-6-8-27(20-29)23-38-35(41)14-4-5-15-36(42)39-43/h1-3,6-13,16-21,32,34,37,40,43H,4-5,14-15,22-25H2,(H,38,41)(H,39,42). The van der Waals surface area contributed by atoms with E-state index in [1.165, 1.54) is 4.90 Å². The fourth-order valence-electron chi connectivity index (χ4n) is 5.37.